The Morgan fingerprint density at radius 1 is 1.29 bits per heavy atom. The zero-order chi connectivity index (χ0) is 15.9. The maximum atomic E-state index is 12.5. The highest BCUT2D eigenvalue weighted by atomic mass is 35.5. The van der Waals surface area contributed by atoms with Crippen molar-refractivity contribution in [1.82, 2.24) is 4.72 Å². The largest absolute Gasteiger partial charge is 0.242 e. The molecule has 0 saturated carbocycles. The summed E-state index contributed by atoms with van der Waals surface area (Å²) in [6, 6.07) is 6.09. The average Bonchev–Trinajstić information content (AvgIpc) is 2.45. The number of nitriles is 1. The summed E-state index contributed by atoms with van der Waals surface area (Å²) in [6.45, 7) is 4.10. The van der Waals surface area contributed by atoms with Crippen LogP contribution in [0.3, 0.4) is 0 Å². The third-order valence-corrected chi connectivity index (χ3v) is 5.22. The monoisotopic (exact) mass is 328 g/mol. The summed E-state index contributed by atoms with van der Waals surface area (Å²) in [7, 11) is -3.71. The van der Waals surface area contributed by atoms with Gasteiger partial charge in [0.1, 0.15) is 4.90 Å². The molecule has 1 N–H and O–H groups in total. The third-order valence-electron chi connectivity index (χ3n) is 3.21. The van der Waals surface area contributed by atoms with E-state index in [1.165, 1.54) is 18.2 Å². The van der Waals surface area contributed by atoms with Crippen LogP contribution in [0.25, 0.3) is 0 Å². The Kier molecular flexibility index (Phi) is 7.16. The highest BCUT2D eigenvalue weighted by molar-refractivity contribution is 7.89. The van der Waals surface area contributed by atoms with Crippen molar-refractivity contribution in [2.45, 2.75) is 56.9 Å². The van der Waals surface area contributed by atoms with Crippen LogP contribution in [-0.4, -0.2) is 14.5 Å². The normalized spacial score (nSPS) is 12.9. The van der Waals surface area contributed by atoms with Crippen molar-refractivity contribution in [3.63, 3.8) is 0 Å². The second-order valence-electron chi connectivity index (χ2n) is 5.01. The molecule has 1 atom stereocenters. The second kappa shape index (κ2) is 8.38. The number of unbranched alkanes of at least 4 members (excludes halogenated alkanes) is 1. The van der Waals surface area contributed by atoms with E-state index in [1.807, 2.05) is 13.0 Å². The molecule has 1 aromatic carbocycles. The molecule has 0 spiro atoms. The van der Waals surface area contributed by atoms with Crippen LogP contribution >= 0.6 is 11.6 Å². The van der Waals surface area contributed by atoms with E-state index in [-0.39, 0.29) is 21.5 Å². The molecule has 0 saturated heterocycles. The van der Waals surface area contributed by atoms with Gasteiger partial charge < -0.3 is 0 Å². The summed E-state index contributed by atoms with van der Waals surface area (Å²) in [5.74, 6) is 0. The molecular formula is C15H21ClN2O2S. The molecule has 0 aliphatic rings. The van der Waals surface area contributed by atoms with Gasteiger partial charge in [-0.25, -0.2) is 13.1 Å². The van der Waals surface area contributed by atoms with E-state index in [4.69, 9.17) is 16.9 Å². The number of hydrogen-bond donors (Lipinski definition) is 1. The van der Waals surface area contributed by atoms with Crippen molar-refractivity contribution in [2.75, 3.05) is 0 Å². The number of nitrogens with one attached hydrogen (secondary N) is 1. The van der Waals surface area contributed by atoms with Crippen LogP contribution in [0.5, 0.6) is 0 Å². The summed E-state index contributed by atoms with van der Waals surface area (Å²) in [5, 5.41) is 9.02. The van der Waals surface area contributed by atoms with Crippen molar-refractivity contribution in [3.8, 4) is 6.07 Å². The standard InChI is InChI=1S/C15H21ClN2O2S/c1-3-5-7-13(6-4-2)18-21(19,20)15-10-12(11-17)8-9-14(15)16/h8-10,13,18H,3-7H2,1-2H3. The number of sulfonamides is 1. The fourth-order valence-corrected chi connectivity index (χ4v) is 3.95. The first-order valence-corrected chi connectivity index (χ1v) is 9.02. The number of hydrogen-bond acceptors (Lipinski definition) is 3. The van der Waals surface area contributed by atoms with E-state index in [9.17, 15) is 8.42 Å². The van der Waals surface area contributed by atoms with Gasteiger partial charge in [0, 0.05) is 6.04 Å². The summed E-state index contributed by atoms with van der Waals surface area (Å²) < 4.78 is 27.6. The molecule has 116 valence electrons. The molecule has 0 amide bonds. The predicted octanol–water partition coefficient (Wildman–Crippen LogP) is 3.85. The Hall–Kier alpha value is -1.09. The molecule has 1 unspecified atom stereocenters. The Labute approximate surface area is 132 Å². The molecule has 6 heteroatoms. The second-order valence-corrected chi connectivity index (χ2v) is 7.10. The lowest BCUT2D eigenvalue weighted by atomic mass is 10.1. The molecule has 0 radical (unpaired) electrons. The fraction of sp³-hybridized carbons (Fsp3) is 0.533. The summed E-state index contributed by atoms with van der Waals surface area (Å²) in [4.78, 5) is -0.0270. The maximum Gasteiger partial charge on any atom is 0.242 e. The van der Waals surface area contributed by atoms with Gasteiger partial charge in [0.05, 0.1) is 16.7 Å². The van der Waals surface area contributed by atoms with Gasteiger partial charge in [0.15, 0.2) is 0 Å². The van der Waals surface area contributed by atoms with E-state index < -0.39 is 10.0 Å². The van der Waals surface area contributed by atoms with E-state index in [2.05, 4.69) is 11.6 Å². The summed E-state index contributed by atoms with van der Waals surface area (Å²) in [6.07, 6.45) is 4.49. The van der Waals surface area contributed by atoms with Gasteiger partial charge in [-0.3, -0.25) is 0 Å². The third kappa shape index (κ3) is 5.31. The average molecular weight is 329 g/mol. The molecule has 1 rings (SSSR count). The molecular weight excluding hydrogens is 308 g/mol. The van der Waals surface area contributed by atoms with Gasteiger partial charge in [-0.1, -0.05) is 44.7 Å². The van der Waals surface area contributed by atoms with Crippen molar-refractivity contribution in [2.24, 2.45) is 0 Å². The minimum atomic E-state index is -3.71. The Morgan fingerprint density at radius 2 is 2.00 bits per heavy atom. The van der Waals surface area contributed by atoms with Gasteiger partial charge >= 0.3 is 0 Å². The van der Waals surface area contributed by atoms with Crippen LogP contribution in [0.2, 0.25) is 5.02 Å². The first kappa shape index (κ1) is 18.0. The van der Waals surface area contributed by atoms with Crippen molar-refractivity contribution < 1.29 is 8.42 Å². The number of halogens is 1. The molecule has 0 heterocycles. The van der Waals surface area contributed by atoms with Gasteiger partial charge in [-0.15, -0.1) is 0 Å². The molecule has 0 bridgehead atoms. The zero-order valence-electron chi connectivity index (χ0n) is 12.4. The lowest BCUT2D eigenvalue weighted by Gasteiger charge is -2.18. The quantitative estimate of drug-likeness (QED) is 0.788. The van der Waals surface area contributed by atoms with E-state index in [0.29, 0.717) is 0 Å². The molecule has 0 fully saturated rings. The van der Waals surface area contributed by atoms with Gasteiger partial charge in [-0.05, 0) is 31.0 Å². The molecule has 4 nitrogen and oxygen atoms in total. The van der Waals surface area contributed by atoms with Crippen molar-refractivity contribution in [3.05, 3.63) is 28.8 Å². The smallest absolute Gasteiger partial charge is 0.208 e. The van der Waals surface area contributed by atoms with E-state index in [0.717, 1.165) is 32.1 Å². The minimum absolute atomic E-state index is 0.0270. The lowest BCUT2D eigenvalue weighted by molar-refractivity contribution is 0.483. The molecule has 0 aromatic heterocycles. The number of rotatable bonds is 8. The number of nitrogens with zero attached hydrogens (tertiary/aromatic N) is 1. The lowest BCUT2D eigenvalue weighted by Crippen LogP contribution is -2.35. The molecule has 1 aromatic rings. The zero-order valence-corrected chi connectivity index (χ0v) is 14.0. The van der Waals surface area contributed by atoms with Crippen LogP contribution in [-0.2, 0) is 10.0 Å². The Bertz CT molecular complexity index is 609. The first-order valence-electron chi connectivity index (χ1n) is 7.16. The van der Waals surface area contributed by atoms with Crippen LogP contribution in [0.15, 0.2) is 23.1 Å². The fourth-order valence-electron chi connectivity index (χ4n) is 2.12. The van der Waals surface area contributed by atoms with Crippen LogP contribution < -0.4 is 4.72 Å². The van der Waals surface area contributed by atoms with Crippen molar-refractivity contribution >= 4 is 21.6 Å². The summed E-state index contributed by atoms with van der Waals surface area (Å²) in [5.41, 5.74) is 0.278. The Morgan fingerprint density at radius 3 is 2.57 bits per heavy atom. The van der Waals surface area contributed by atoms with Gasteiger partial charge in [-0.2, -0.15) is 5.26 Å². The first-order chi connectivity index (χ1) is 9.94. The van der Waals surface area contributed by atoms with Gasteiger partial charge in [0.2, 0.25) is 10.0 Å². The molecule has 21 heavy (non-hydrogen) atoms. The van der Waals surface area contributed by atoms with E-state index >= 15 is 0 Å². The highest BCUT2D eigenvalue weighted by Crippen LogP contribution is 2.23. The van der Waals surface area contributed by atoms with Crippen LogP contribution in [0.1, 0.15) is 51.5 Å². The molecule has 0 aliphatic carbocycles. The van der Waals surface area contributed by atoms with Crippen LogP contribution in [0, 0.1) is 11.3 Å². The van der Waals surface area contributed by atoms with Gasteiger partial charge in [0.25, 0.3) is 0 Å². The summed E-state index contributed by atoms with van der Waals surface area (Å²) >= 11 is 5.97. The van der Waals surface area contributed by atoms with Crippen molar-refractivity contribution in [1.29, 1.82) is 5.26 Å². The number of benzene rings is 1. The Balaban J connectivity index is 3.01. The highest BCUT2D eigenvalue weighted by Gasteiger charge is 2.22. The van der Waals surface area contributed by atoms with Crippen LogP contribution in [0.4, 0.5) is 0 Å². The predicted molar refractivity (Wildman–Crippen MR) is 84.7 cm³/mol. The molecule has 0 aliphatic heterocycles. The van der Waals surface area contributed by atoms with E-state index in [1.54, 1.807) is 0 Å². The SMILES string of the molecule is CCCCC(CCC)NS(=O)(=O)c1cc(C#N)ccc1Cl. The maximum absolute atomic E-state index is 12.5. The minimum Gasteiger partial charge on any atom is -0.208 e. The topological polar surface area (TPSA) is 70.0 Å².